The Morgan fingerprint density at radius 1 is 1.06 bits per heavy atom. The van der Waals surface area contributed by atoms with E-state index in [0.29, 0.717) is 23.0 Å². The molecule has 0 N–H and O–H groups in total. The van der Waals surface area contributed by atoms with Crippen LogP contribution in [0.15, 0.2) is 59.4 Å². The number of anilines is 1. The predicted molar refractivity (Wildman–Crippen MR) is 112 cm³/mol. The molecule has 7 nitrogen and oxygen atoms in total. The maximum atomic E-state index is 13.4. The highest BCUT2D eigenvalue weighted by Gasteiger charge is 2.32. The third kappa shape index (κ3) is 3.20. The van der Waals surface area contributed by atoms with E-state index < -0.39 is 0 Å². The highest BCUT2D eigenvalue weighted by molar-refractivity contribution is 6.07. The van der Waals surface area contributed by atoms with Crippen molar-refractivity contribution in [3.05, 3.63) is 77.8 Å². The van der Waals surface area contributed by atoms with Crippen molar-refractivity contribution in [2.75, 3.05) is 4.90 Å². The summed E-state index contributed by atoms with van der Waals surface area (Å²) in [6.45, 7) is 6.24. The van der Waals surface area contributed by atoms with Gasteiger partial charge in [-0.15, -0.1) is 0 Å². The zero-order valence-corrected chi connectivity index (χ0v) is 17.3. The van der Waals surface area contributed by atoms with Gasteiger partial charge in [-0.05, 0) is 36.4 Å². The molecule has 0 aliphatic carbocycles. The van der Waals surface area contributed by atoms with E-state index in [4.69, 9.17) is 4.52 Å². The number of rotatable bonds is 2. The normalized spacial score (nSPS) is 13.1. The van der Waals surface area contributed by atoms with Crippen LogP contribution in [0.2, 0.25) is 0 Å². The molecule has 2 aromatic carbocycles. The van der Waals surface area contributed by atoms with Crippen LogP contribution in [-0.2, 0) is 12.0 Å². The molecule has 1 amide bonds. The van der Waals surface area contributed by atoms with E-state index in [0.717, 1.165) is 17.1 Å². The van der Waals surface area contributed by atoms with Crippen LogP contribution in [0, 0.1) is 5.82 Å². The summed E-state index contributed by atoms with van der Waals surface area (Å²) in [6.07, 6.45) is 1.70. The first-order valence-electron chi connectivity index (χ1n) is 9.90. The molecule has 1 aliphatic heterocycles. The van der Waals surface area contributed by atoms with Gasteiger partial charge in [0.1, 0.15) is 17.8 Å². The average molecular weight is 417 g/mol. The first-order valence-corrected chi connectivity index (χ1v) is 9.90. The van der Waals surface area contributed by atoms with Crippen molar-refractivity contribution in [1.82, 2.24) is 19.7 Å². The van der Waals surface area contributed by atoms with Crippen LogP contribution >= 0.6 is 0 Å². The van der Waals surface area contributed by atoms with E-state index in [9.17, 15) is 9.18 Å². The van der Waals surface area contributed by atoms with Crippen LogP contribution in [0.25, 0.3) is 17.2 Å². The number of para-hydroxylation sites is 2. The molecule has 0 saturated heterocycles. The van der Waals surface area contributed by atoms with Gasteiger partial charge in [0.25, 0.3) is 5.91 Å². The molecule has 4 aromatic rings. The lowest BCUT2D eigenvalue weighted by atomic mass is 9.97. The number of nitrogens with zero attached hydrogens (tertiary/aromatic N) is 5. The van der Waals surface area contributed by atoms with Gasteiger partial charge in [0, 0.05) is 11.0 Å². The molecule has 0 unspecified atom stereocenters. The van der Waals surface area contributed by atoms with Gasteiger partial charge >= 0.3 is 0 Å². The summed E-state index contributed by atoms with van der Waals surface area (Å²) < 4.78 is 20.7. The number of amides is 1. The number of hydrogen-bond donors (Lipinski definition) is 0. The first kappa shape index (κ1) is 19.2. The largest absolute Gasteiger partial charge is 0.338 e. The number of fused-ring (bicyclic) bond motifs is 3. The number of carbonyl (C=O) groups excluding carboxylic acids is 1. The van der Waals surface area contributed by atoms with Crippen molar-refractivity contribution in [3.8, 4) is 17.2 Å². The SMILES string of the molecule is CC(C)(C)c1nc(-c2ncn3c2CN(C(=O)c2ccc(F)cc2)c2ccccc2-3)no1. The Bertz CT molecular complexity index is 1280. The van der Waals surface area contributed by atoms with Crippen LogP contribution in [0.3, 0.4) is 0 Å². The quantitative estimate of drug-likeness (QED) is 0.479. The van der Waals surface area contributed by atoms with E-state index in [2.05, 4.69) is 15.1 Å². The standard InChI is InChI=1S/C23H20FN5O2/c1-23(2,3)22-26-20(27-31-22)19-18-12-28(21(30)14-8-10-15(24)11-9-14)16-6-4-5-7-17(16)29(18)13-25-19/h4-11,13H,12H2,1-3H3. The molecule has 0 spiro atoms. The summed E-state index contributed by atoms with van der Waals surface area (Å²) in [5, 5.41) is 4.12. The molecule has 0 atom stereocenters. The maximum absolute atomic E-state index is 13.4. The second-order valence-corrected chi connectivity index (χ2v) is 8.47. The maximum Gasteiger partial charge on any atom is 0.258 e. The average Bonchev–Trinajstić information content (AvgIpc) is 3.40. The minimum absolute atomic E-state index is 0.227. The summed E-state index contributed by atoms with van der Waals surface area (Å²) in [7, 11) is 0. The Hall–Kier alpha value is -3.81. The van der Waals surface area contributed by atoms with Crippen molar-refractivity contribution in [2.45, 2.75) is 32.7 Å². The van der Waals surface area contributed by atoms with E-state index in [1.165, 1.54) is 24.3 Å². The zero-order chi connectivity index (χ0) is 21.8. The molecule has 156 valence electrons. The van der Waals surface area contributed by atoms with Crippen molar-refractivity contribution in [2.24, 2.45) is 0 Å². The Morgan fingerprint density at radius 2 is 1.77 bits per heavy atom. The number of benzene rings is 2. The molecule has 8 heteroatoms. The second-order valence-electron chi connectivity index (χ2n) is 8.47. The van der Waals surface area contributed by atoms with Gasteiger partial charge in [-0.25, -0.2) is 9.37 Å². The van der Waals surface area contributed by atoms with Crippen LogP contribution in [0.5, 0.6) is 0 Å². The Labute approximate surface area is 178 Å². The van der Waals surface area contributed by atoms with Crippen molar-refractivity contribution < 1.29 is 13.7 Å². The molecule has 0 bridgehead atoms. The number of hydrogen-bond acceptors (Lipinski definition) is 5. The number of carbonyl (C=O) groups is 1. The molecule has 5 rings (SSSR count). The highest BCUT2D eigenvalue weighted by Crippen LogP contribution is 2.36. The smallest absolute Gasteiger partial charge is 0.258 e. The van der Waals surface area contributed by atoms with Crippen molar-refractivity contribution in [3.63, 3.8) is 0 Å². The zero-order valence-electron chi connectivity index (χ0n) is 17.3. The highest BCUT2D eigenvalue weighted by atomic mass is 19.1. The lowest BCUT2D eigenvalue weighted by Crippen LogP contribution is -2.35. The molecule has 0 fully saturated rings. The Morgan fingerprint density at radius 3 is 2.45 bits per heavy atom. The van der Waals surface area contributed by atoms with Gasteiger partial charge in [-0.1, -0.05) is 38.1 Å². The van der Waals surface area contributed by atoms with E-state index in [1.807, 2.05) is 49.6 Å². The molecular formula is C23H20FN5O2. The minimum atomic E-state index is -0.386. The van der Waals surface area contributed by atoms with Crippen LogP contribution in [0.4, 0.5) is 10.1 Å². The Kier molecular flexibility index (Phi) is 4.25. The van der Waals surface area contributed by atoms with Crippen LogP contribution < -0.4 is 4.90 Å². The minimum Gasteiger partial charge on any atom is -0.338 e. The number of imidazole rings is 1. The topological polar surface area (TPSA) is 77.1 Å². The summed E-state index contributed by atoms with van der Waals surface area (Å²) in [4.78, 5) is 24.0. The summed E-state index contributed by atoms with van der Waals surface area (Å²) in [6, 6.07) is 13.1. The van der Waals surface area contributed by atoms with Gasteiger partial charge in [0.05, 0.1) is 23.6 Å². The summed E-state index contributed by atoms with van der Waals surface area (Å²) in [5.41, 5.74) is 3.01. The fourth-order valence-corrected chi connectivity index (χ4v) is 3.60. The fraction of sp³-hybridized carbons (Fsp3) is 0.217. The fourth-order valence-electron chi connectivity index (χ4n) is 3.60. The van der Waals surface area contributed by atoms with Gasteiger partial charge in [0.2, 0.25) is 11.7 Å². The third-order valence-electron chi connectivity index (χ3n) is 5.22. The summed E-state index contributed by atoms with van der Waals surface area (Å²) >= 11 is 0. The molecule has 3 heterocycles. The molecule has 2 aromatic heterocycles. The molecule has 31 heavy (non-hydrogen) atoms. The monoisotopic (exact) mass is 417 g/mol. The third-order valence-corrected chi connectivity index (χ3v) is 5.22. The molecule has 0 saturated carbocycles. The molecule has 1 aliphatic rings. The van der Waals surface area contributed by atoms with Gasteiger partial charge in [-0.3, -0.25) is 9.36 Å². The van der Waals surface area contributed by atoms with Crippen molar-refractivity contribution >= 4 is 11.6 Å². The molecular weight excluding hydrogens is 397 g/mol. The lowest BCUT2D eigenvalue weighted by Gasteiger charge is -2.31. The summed E-state index contributed by atoms with van der Waals surface area (Å²) in [5.74, 6) is 0.281. The van der Waals surface area contributed by atoms with Gasteiger partial charge in [-0.2, -0.15) is 4.98 Å². The number of halogens is 1. The van der Waals surface area contributed by atoms with E-state index in [1.54, 1.807) is 11.2 Å². The van der Waals surface area contributed by atoms with Crippen LogP contribution in [-0.4, -0.2) is 25.6 Å². The Balaban J connectivity index is 1.60. The van der Waals surface area contributed by atoms with E-state index >= 15 is 0 Å². The van der Waals surface area contributed by atoms with Gasteiger partial charge < -0.3 is 9.42 Å². The van der Waals surface area contributed by atoms with E-state index in [-0.39, 0.29) is 23.7 Å². The molecule has 0 radical (unpaired) electrons. The predicted octanol–water partition coefficient (Wildman–Crippen LogP) is 4.52. The van der Waals surface area contributed by atoms with Crippen LogP contribution in [0.1, 0.15) is 42.7 Å². The van der Waals surface area contributed by atoms with Gasteiger partial charge in [0.15, 0.2) is 0 Å². The second kappa shape index (κ2) is 6.87. The lowest BCUT2D eigenvalue weighted by molar-refractivity contribution is 0.0984. The first-order chi connectivity index (χ1) is 14.8. The van der Waals surface area contributed by atoms with Crippen molar-refractivity contribution in [1.29, 1.82) is 0 Å². The number of aromatic nitrogens is 4.